The number of hydrogen-bond acceptors (Lipinski definition) is 4. The number of amides is 1. The second-order valence-corrected chi connectivity index (χ2v) is 8.35. The van der Waals surface area contributed by atoms with Crippen LogP contribution < -0.4 is 10.1 Å². The van der Waals surface area contributed by atoms with Crippen molar-refractivity contribution >= 4 is 33.2 Å². The maximum Gasteiger partial charge on any atom is 0.227 e. The minimum absolute atomic E-state index is 0.136. The normalized spacial score (nSPS) is 16.8. The molecular weight excluding hydrogens is 352 g/mol. The Bertz CT molecular complexity index is 685. The number of halogens is 1. The average molecular weight is 375 g/mol. The Kier molecular flexibility index (Phi) is 6.48. The molecule has 6 nitrogen and oxygen atoms in total. The molecule has 0 atom stereocenters. The molecule has 1 aromatic carbocycles. The van der Waals surface area contributed by atoms with E-state index in [1.807, 2.05) is 6.92 Å². The molecule has 8 heteroatoms. The molecule has 1 saturated heterocycles. The quantitative estimate of drug-likeness (QED) is 0.830. The topological polar surface area (TPSA) is 75.7 Å². The fourth-order valence-corrected chi connectivity index (χ4v) is 4.51. The lowest BCUT2D eigenvalue weighted by Gasteiger charge is -2.30. The zero-order chi connectivity index (χ0) is 17.7. The number of hydrogen-bond donors (Lipinski definition) is 1. The van der Waals surface area contributed by atoms with E-state index < -0.39 is 10.0 Å². The van der Waals surface area contributed by atoms with Crippen molar-refractivity contribution in [1.29, 1.82) is 0 Å². The Labute approximate surface area is 148 Å². The number of rotatable bonds is 6. The van der Waals surface area contributed by atoms with E-state index in [1.165, 1.54) is 11.4 Å². The van der Waals surface area contributed by atoms with E-state index in [0.29, 0.717) is 48.8 Å². The molecular formula is C16H23ClN2O4S. The smallest absolute Gasteiger partial charge is 0.227 e. The van der Waals surface area contributed by atoms with Crippen LogP contribution in [0.25, 0.3) is 0 Å². The minimum atomic E-state index is -3.19. The van der Waals surface area contributed by atoms with Crippen LogP contribution in [0, 0.1) is 5.92 Å². The molecule has 2 rings (SSSR count). The van der Waals surface area contributed by atoms with E-state index >= 15 is 0 Å². The predicted molar refractivity (Wildman–Crippen MR) is 95.0 cm³/mol. The van der Waals surface area contributed by atoms with Gasteiger partial charge in [0.2, 0.25) is 15.9 Å². The second-order valence-electron chi connectivity index (χ2n) is 5.82. The molecule has 1 fully saturated rings. The van der Waals surface area contributed by atoms with E-state index in [4.69, 9.17) is 16.3 Å². The highest BCUT2D eigenvalue weighted by Crippen LogP contribution is 2.29. The molecule has 1 aromatic rings. The number of anilines is 1. The summed E-state index contributed by atoms with van der Waals surface area (Å²) in [5.74, 6) is 0.337. The van der Waals surface area contributed by atoms with E-state index in [9.17, 15) is 13.2 Å². The standard InChI is InChI=1S/C16H23ClN2O4S/c1-3-10-24(21,22)19-8-6-12(7-9-19)16(20)18-14-11-13(17)4-5-15(14)23-2/h4-5,11-12H,3,6-10H2,1-2H3,(H,18,20). The molecule has 1 amide bonds. The Morgan fingerprint density at radius 3 is 2.62 bits per heavy atom. The van der Waals surface area contributed by atoms with E-state index in [2.05, 4.69) is 5.32 Å². The fourth-order valence-electron chi connectivity index (χ4n) is 2.80. The molecule has 1 aliphatic heterocycles. The third kappa shape index (κ3) is 4.62. The molecule has 1 heterocycles. The highest BCUT2D eigenvalue weighted by molar-refractivity contribution is 7.89. The van der Waals surface area contributed by atoms with Gasteiger partial charge in [-0.25, -0.2) is 12.7 Å². The summed E-state index contributed by atoms with van der Waals surface area (Å²) in [6.07, 6.45) is 1.62. The predicted octanol–water partition coefficient (Wildman–Crippen LogP) is 2.74. The van der Waals surface area contributed by atoms with Gasteiger partial charge in [0.05, 0.1) is 18.6 Å². The Hall–Kier alpha value is -1.31. The van der Waals surface area contributed by atoms with Gasteiger partial charge in [0, 0.05) is 24.0 Å². The first-order chi connectivity index (χ1) is 11.4. The van der Waals surface area contributed by atoms with Gasteiger partial charge >= 0.3 is 0 Å². The maximum atomic E-state index is 12.5. The third-order valence-corrected chi connectivity index (χ3v) is 6.41. The van der Waals surface area contributed by atoms with Gasteiger partial charge in [-0.05, 0) is 37.5 Å². The Morgan fingerprint density at radius 1 is 1.38 bits per heavy atom. The van der Waals surface area contributed by atoms with Gasteiger partial charge in [0.1, 0.15) is 5.75 Å². The van der Waals surface area contributed by atoms with Crippen LogP contribution >= 0.6 is 11.6 Å². The van der Waals surface area contributed by atoms with Crippen LogP contribution in [0.3, 0.4) is 0 Å². The molecule has 0 unspecified atom stereocenters. The van der Waals surface area contributed by atoms with Crippen molar-refractivity contribution in [3.05, 3.63) is 23.2 Å². The summed E-state index contributed by atoms with van der Waals surface area (Å²) in [7, 11) is -1.67. The Morgan fingerprint density at radius 2 is 2.04 bits per heavy atom. The number of nitrogens with zero attached hydrogens (tertiary/aromatic N) is 1. The zero-order valence-corrected chi connectivity index (χ0v) is 15.5. The molecule has 0 radical (unpaired) electrons. The van der Waals surface area contributed by atoms with Gasteiger partial charge in [-0.3, -0.25) is 4.79 Å². The van der Waals surface area contributed by atoms with Crippen molar-refractivity contribution in [2.45, 2.75) is 26.2 Å². The van der Waals surface area contributed by atoms with Crippen LogP contribution in [-0.4, -0.2) is 44.6 Å². The van der Waals surface area contributed by atoms with Gasteiger partial charge in [0.15, 0.2) is 0 Å². The number of ether oxygens (including phenoxy) is 1. The van der Waals surface area contributed by atoms with Gasteiger partial charge < -0.3 is 10.1 Å². The number of piperidine rings is 1. The first-order valence-corrected chi connectivity index (χ1v) is 9.98. The first kappa shape index (κ1) is 19.0. The van der Waals surface area contributed by atoms with Crippen molar-refractivity contribution in [3.63, 3.8) is 0 Å². The molecule has 1 aliphatic rings. The van der Waals surface area contributed by atoms with Crippen molar-refractivity contribution in [3.8, 4) is 5.75 Å². The van der Waals surface area contributed by atoms with E-state index in [0.717, 1.165) is 0 Å². The largest absolute Gasteiger partial charge is 0.495 e. The average Bonchev–Trinajstić information content (AvgIpc) is 2.55. The molecule has 0 bridgehead atoms. The van der Waals surface area contributed by atoms with Crippen LogP contribution in [0.15, 0.2) is 18.2 Å². The highest BCUT2D eigenvalue weighted by Gasteiger charge is 2.30. The lowest BCUT2D eigenvalue weighted by molar-refractivity contribution is -0.120. The van der Waals surface area contributed by atoms with Crippen molar-refractivity contribution in [2.24, 2.45) is 5.92 Å². The molecule has 1 N–H and O–H groups in total. The molecule has 0 saturated carbocycles. The molecule has 134 valence electrons. The second kappa shape index (κ2) is 8.18. The summed E-state index contributed by atoms with van der Waals surface area (Å²) in [5.41, 5.74) is 0.524. The highest BCUT2D eigenvalue weighted by atomic mass is 35.5. The Balaban J connectivity index is 1.98. The van der Waals surface area contributed by atoms with Crippen molar-refractivity contribution in [2.75, 3.05) is 31.3 Å². The molecule has 0 aliphatic carbocycles. The molecule has 0 spiro atoms. The monoisotopic (exact) mass is 374 g/mol. The molecule has 0 aromatic heterocycles. The lowest BCUT2D eigenvalue weighted by Crippen LogP contribution is -2.42. The summed E-state index contributed by atoms with van der Waals surface area (Å²) >= 11 is 5.96. The van der Waals surface area contributed by atoms with Crippen molar-refractivity contribution in [1.82, 2.24) is 4.31 Å². The number of methoxy groups -OCH3 is 1. The number of carbonyl (C=O) groups excluding carboxylic acids is 1. The third-order valence-electron chi connectivity index (χ3n) is 4.10. The maximum absolute atomic E-state index is 12.5. The number of nitrogens with one attached hydrogen (secondary N) is 1. The first-order valence-electron chi connectivity index (χ1n) is 7.99. The summed E-state index contributed by atoms with van der Waals surface area (Å²) < 4.78 is 30.8. The number of carbonyl (C=O) groups is 1. The SMILES string of the molecule is CCCS(=O)(=O)N1CCC(C(=O)Nc2cc(Cl)ccc2OC)CC1. The number of sulfonamides is 1. The fraction of sp³-hybridized carbons (Fsp3) is 0.562. The van der Waals surface area contributed by atoms with E-state index in [1.54, 1.807) is 18.2 Å². The zero-order valence-electron chi connectivity index (χ0n) is 13.9. The number of benzene rings is 1. The van der Waals surface area contributed by atoms with Gasteiger partial charge in [-0.1, -0.05) is 18.5 Å². The van der Waals surface area contributed by atoms with Crippen LogP contribution in [0.2, 0.25) is 5.02 Å². The van der Waals surface area contributed by atoms with Gasteiger partial charge in [0.25, 0.3) is 0 Å². The summed E-state index contributed by atoms with van der Waals surface area (Å²) in [6.45, 7) is 2.61. The van der Waals surface area contributed by atoms with Crippen LogP contribution in [0.5, 0.6) is 5.75 Å². The van der Waals surface area contributed by atoms with Crippen LogP contribution in [0.4, 0.5) is 5.69 Å². The van der Waals surface area contributed by atoms with Gasteiger partial charge in [-0.2, -0.15) is 0 Å². The van der Waals surface area contributed by atoms with Crippen LogP contribution in [-0.2, 0) is 14.8 Å². The lowest BCUT2D eigenvalue weighted by atomic mass is 9.97. The van der Waals surface area contributed by atoms with E-state index in [-0.39, 0.29) is 17.6 Å². The summed E-state index contributed by atoms with van der Waals surface area (Å²) in [5, 5.41) is 3.34. The van der Waals surface area contributed by atoms with Crippen LogP contribution in [0.1, 0.15) is 26.2 Å². The van der Waals surface area contributed by atoms with Crippen molar-refractivity contribution < 1.29 is 17.9 Å². The summed E-state index contributed by atoms with van der Waals surface area (Å²) in [4.78, 5) is 12.5. The van der Waals surface area contributed by atoms with Gasteiger partial charge in [-0.15, -0.1) is 0 Å². The minimum Gasteiger partial charge on any atom is -0.495 e. The summed E-state index contributed by atoms with van der Waals surface area (Å²) in [6, 6.07) is 5.02. The molecule has 24 heavy (non-hydrogen) atoms.